The van der Waals surface area contributed by atoms with E-state index in [1.807, 2.05) is 19.2 Å². The first-order valence-corrected chi connectivity index (χ1v) is 24.5. The van der Waals surface area contributed by atoms with Crippen LogP contribution in [0.1, 0.15) is 83.6 Å². The van der Waals surface area contributed by atoms with Crippen molar-refractivity contribution in [3.8, 4) is 5.75 Å². The van der Waals surface area contributed by atoms with Crippen LogP contribution in [0.2, 0.25) is 0 Å². The molecule has 18 heteroatoms. The Kier molecular flexibility index (Phi) is 28.5. The fourth-order valence-electron chi connectivity index (χ4n) is 7.94. The fourth-order valence-corrected chi connectivity index (χ4v) is 7.94. The van der Waals surface area contributed by atoms with Crippen molar-refractivity contribution in [2.45, 2.75) is 84.2 Å². The van der Waals surface area contributed by atoms with Crippen LogP contribution in [-0.4, -0.2) is 179 Å². The van der Waals surface area contributed by atoms with Crippen LogP contribution in [0.25, 0.3) is 0 Å². The van der Waals surface area contributed by atoms with Gasteiger partial charge in [-0.2, -0.15) is 0 Å². The van der Waals surface area contributed by atoms with Crippen molar-refractivity contribution in [1.82, 2.24) is 20.9 Å². The Labute approximate surface area is 397 Å². The molecule has 378 valence electrons. The number of ether oxygens (including phenoxy) is 9. The highest BCUT2D eigenvalue weighted by molar-refractivity contribution is 6.05. The molecule has 2 fully saturated rings. The van der Waals surface area contributed by atoms with E-state index < -0.39 is 0 Å². The van der Waals surface area contributed by atoms with Crippen molar-refractivity contribution in [2.24, 2.45) is 16.8 Å². The number of imide groups is 1. The van der Waals surface area contributed by atoms with Gasteiger partial charge in [-0.3, -0.25) is 24.3 Å². The summed E-state index contributed by atoms with van der Waals surface area (Å²) in [4.78, 5) is 54.7. The molecule has 0 spiro atoms. The number of carbonyl (C=O) groups is 4. The van der Waals surface area contributed by atoms with E-state index in [-0.39, 0.29) is 61.1 Å². The van der Waals surface area contributed by atoms with Gasteiger partial charge in [-0.15, -0.1) is 0 Å². The average molecular weight is 946 g/mol. The van der Waals surface area contributed by atoms with Crippen LogP contribution in [0.15, 0.2) is 40.4 Å². The summed E-state index contributed by atoms with van der Waals surface area (Å²) >= 11 is 0. The largest absolute Gasteiger partial charge is 0.491 e. The number of likely N-dealkylation sites (tertiary alicyclic amines) is 1. The molecule has 67 heavy (non-hydrogen) atoms. The number of carbonyl (C=O) groups excluding carboxylic acids is 4. The third-order valence-electron chi connectivity index (χ3n) is 11.6. The molecule has 1 aromatic carbocycles. The van der Waals surface area contributed by atoms with Gasteiger partial charge in [0.25, 0.3) is 0 Å². The number of alkyl carbamates (subject to hydrolysis) is 1. The summed E-state index contributed by atoms with van der Waals surface area (Å²) in [5.41, 5.74) is 4.97. The van der Waals surface area contributed by atoms with Gasteiger partial charge in [-0.05, 0) is 102 Å². The highest BCUT2D eigenvalue weighted by Gasteiger charge is 2.35. The zero-order chi connectivity index (χ0) is 47.7. The second kappa shape index (κ2) is 34.3. The molecule has 3 N–H and O–H groups in total. The second-order valence-corrected chi connectivity index (χ2v) is 16.9. The minimum Gasteiger partial charge on any atom is -0.491 e. The van der Waals surface area contributed by atoms with E-state index >= 15 is 0 Å². The Hall–Kier alpha value is -4.01. The fraction of sp³-hybridized carbons (Fsp3) is 0.735. The maximum absolute atomic E-state index is 12.7. The molecule has 18 nitrogen and oxygen atoms in total. The van der Waals surface area contributed by atoms with Crippen LogP contribution in [0.4, 0.5) is 4.79 Å². The maximum Gasteiger partial charge on any atom is 0.407 e. The molecule has 4 rings (SSSR count). The zero-order valence-electron chi connectivity index (χ0n) is 40.5. The topological polar surface area (TPSA) is 203 Å². The number of dihydropyridines is 1. The number of hydrogen-bond donors (Lipinski definition) is 3. The highest BCUT2D eigenvalue weighted by Crippen LogP contribution is 2.36. The smallest absolute Gasteiger partial charge is 0.407 e. The predicted octanol–water partition coefficient (Wildman–Crippen LogP) is 4.27. The van der Waals surface area contributed by atoms with Gasteiger partial charge >= 0.3 is 6.09 Å². The van der Waals surface area contributed by atoms with E-state index in [4.69, 9.17) is 47.6 Å². The minimum absolute atomic E-state index is 0.100. The number of allylic oxidation sites excluding steroid dienone is 1. The lowest BCUT2D eigenvalue weighted by Crippen LogP contribution is -2.35. The van der Waals surface area contributed by atoms with Crippen LogP contribution in [0, 0.1) is 11.8 Å². The highest BCUT2D eigenvalue weighted by atomic mass is 16.6. The Morgan fingerprint density at radius 1 is 0.701 bits per heavy atom. The van der Waals surface area contributed by atoms with Crippen molar-refractivity contribution in [2.75, 3.05) is 139 Å². The maximum atomic E-state index is 12.7. The first-order chi connectivity index (χ1) is 32.8. The number of amides is 4. The van der Waals surface area contributed by atoms with Gasteiger partial charge in [0.15, 0.2) is 0 Å². The quantitative estimate of drug-likeness (QED) is 0.0489. The van der Waals surface area contributed by atoms with Gasteiger partial charge in [0.2, 0.25) is 17.7 Å². The summed E-state index contributed by atoms with van der Waals surface area (Å²) in [5.74, 6) is 0.129. The predicted molar refractivity (Wildman–Crippen MR) is 253 cm³/mol. The number of rotatable bonds is 36. The average Bonchev–Trinajstić information content (AvgIpc) is 3.56. The van der Waals surface area contributed by atoms with Crippen molar-refractivity contribution in [1.29, 1.82) is 0 Å². The van der Waals surface area contributed by atoms with E-state index in [2.05, 4.69) is 35.0 Å². The number of nitrogens with one attached hydrogen (secondary N) is 3. The zero-order valence-corrected chi connectivity index (χ0v) is 40.5. The summed E-state index contributed by atoms with van der Waals surface area (Å²) < 4.78 is 50.8. The number of benzene rings is 1. The monoisotopic (exact) mass is 946 g/mol. The molecule has 3 aliphatic rings. The molecule has 0 aromatic heterocycles. The summed E-state index contributed by atoms with van der Waals surface area (Å²) in [6.07, 6.45) is 6.45. The molecule has 2 aliphatic heterocycles. The molecule has 4 amide bonds. The Balaban J connectivity index is 0.950. The van der Waals surface area contributed by atoms with E-state index in [1.54, 1.807) is 6.92 Å². The van der Waals surface area contributed by atoms with Crippen molar-refractivity contribution in [3.05, 3.63) is 41.0 Å². The molecule has 0 bridgehead atoms. The second-order valence-electron chi connectivity index (χ2n) is 16.9. The number of fused-ring (bicyclic) bond motifs is 1. The third-order valence-corrected chi connectivity index (χ3v) is 11.6. The van der Waals surface area contributed by atoms with Crippen LogP contribution < -0.4 is 20.7 Å². The number of aliphatic imine (C=N–C) groups is 1. The SMILES string of the molecule is CNCCCOCCOCCOCCOCCOc1ccc(C2=NCC(C)=C3CCC(OC(=O)NCCCOCCOCCOCCCNC(=O)CCN4C(=O)CC(C)C4=O)CCCC23)cc1. The van der Waals surface area contributed by atoms with Crippen molar-refractivity contribution in [3.63, 3.8) is 0 Å². The van der Waals surface area contributed by atoms with E-state index in [9.17, 15) is 19.2 Å². The normalized spacial score (nSPS) is 18.6. The molecule has 1 saturated heterocycles. The standard InChI is InChI=1S/C49H79N5O13/c1-38-36-46(56)54(48(38)57)20-16-45(55)51-18-6-22-60-25-28-62-29-26-61-23-7-19-52-49(58)67-42-8-4-9-44-43(15-14-42)39(2)37-53-47(44)40-10-12-41(13-11-40)66-35-34-65-33-32-64-31-30-63-27-24-59-21-5-17-50-3/h10-13,38,42,44,50H,4-9,14-37H2,1-3H3,(H,51,55)(H,52,58). The van der Waals surface area contributed by atoms with Gasteiger partial charge in [-0.25, -0.2) is 4.79 Å². The van der Waals surface area contributed by atoms with Gasteiger partial charge < -0.3 is 58.6 Å². The third kappa shape index (κ3) is 22.8. The first kappa shape index (κ1) is 55.6. The minimum atomic E-state index is -0.389. The first-order valence-electron chi connectivity index (χ1n) is 24.5. The molecule has 2 heterocycles. The lowest BCUT2D eigenvalue weighted by atomic mass is 9.77. The number of nitrogens with zero attached hydrogens (tertiary/aromatic N) is 2. The van der Waals surface area contributed by atoms with Crippen LogP contribution in [0.3, 0.4) is 0 Å². The molecule has 1 aliphatic carbocycles. The molecule has 3 atom stereocenters. The van der Waals surface area contributed by atoms with Crippen LogP contribution >= 0.6 is 0 Å². The van der Waals surface area contributed by atoms with Gasteiger partial charge in [-0.1, -0.05) is 18.1 Å². The Morgan fingerprint density at radius 3 is 1.82 bits per heavy atom. The summed E-state index contributed by atoms with van der Waals surface area (Å²) in [6.45, 7) is 14.2. The van der Waals surface area contributed by atoms with Crippen LogP contribution in [0.5, 0.6) is 5.75 Å². The lowest BCUT2D eigenvalue weighted by Gasteiger charge is -2.32. The van der Waals surface area contributed by atoms with Gasteiger partial charge in [0.05, 0.1) is 79.2 Å². The Bertz CT molecular complexity index is 1650. The van der Waals surface area contributed by atoms with Crippen LogP contribution in [-0.2, 0) is 52.3 Å². The number of hydrogen-bond acceptors (Lipinski definition) is 15. The molecule has 3 unspecified atom stereocenters. The molecular weight excluding hydrogens is 867 g/mol. The Morgan fingerprint density at radius 2 is 1.25 bits per heavy atom. The van der Waals surface area contributed by atoms with E-state index in [0.29, 0.717) is 125 Å². The molecular formula is C49H79N5O13. The summed E-state index contributed by atoms with van der Waals surface area (Å²) in [7, 11) is 1.93. The van der Waals surface area contributed by atoms with Crippen molar-refractivity contribution >= 4 is 29.5 Å². The lowest BCUT2D eigenvalue weighted by molar-refractivity contribution is -0.139. The summed E-state index contributed by atoms with van der Waals surface area (Å²) in [5, 5.41) is 8.75. The summed E-state index contributed by atoms with van der Waals surface area (Å²) in [6, 6.07) is 8.19. The van der Waals surface area contributed by atoms with E-state index in [1.165, 1.54) is 16.0 Å². The molecule has 1 saturated carbocycles. The van der Waals surface area contributed by atoms with Crippen molar-refractivity contribution < 1.29 is 61.8 Å². The molecule has 0 radical (unpaired) electrons. The van der Waals surface area contributed by atoms with E-state index in [0.717, 1.165) is 68.7 Å². The van der Waals surface area contributed by atoms with Gasteiger partial charge in [0.1, 0.15) is 18.5 Å². The van der Waals surface area contributed by atoms with Gasteiger partial charge in [0, 0.05) is 69.8 Å². The molecule has 1 aromatic rings.